The first-order valence-corrected chi connectivity index (χ1v) is 8.56. The summed E-state index contributed by atoms with van der Waals surface area (Å²) in [5.41, 5.74) is 2.81. The number of hydrogen-bond donors (Lipinski definition) is 1. The number of fused-ring (bicyclic) bond motifs is 1. The Hall–Kier alpha value is -3.15. The quantitative estimate of drug-likeness (QED) is 0.769. The minimum absolute atomic E-state index is 0.0259. The summed E-state index contributed by atoms with van der Waals surface area (Å²) in [6.45, 7) is 0. The molecule has 0 bridgehead atoms. The zero-order valence-electron chi connectivity index (χ0n) is 14.8. The van der Waals surface area contributed by atoms with Crippen LogP contribution in [0.15, 0.2) is 48.5 Å². The molecule has 1 aromatic heterocycles. The first-order valence-electron chi connectivity index (χ1n) is 8.56. The number of rotatable bonds is 5. The molecule has 1 N–H and O–H groups in total. The maximum atomic E-state index is 12.1. The number of nitrogens with zero attached hydrogens (tertiary/aromatic N) is 3. The van der Waals surface area contributed by atoms with Crippen molar-refractivity contribution in [2.45, 2.75) is 18.9 Å². The van der Waals surface area contributed by atoms with Crippen molar-refractivity contribution in [2.75, 3.05) is 7.11 Å². The summed E-state index contributed by atoms with van der Waals surface area (Å²) >= 11 is 0. The third kappa shape index (κ3) is 2.94. The molecule has 2 heterocycles. The molecule has 0 saturated carbocycles. The molecule has 4 rings (SSSR count). The molecule has 0 fully saturated rings. The van der Waals surface area contributed by atoms with E-state index in [1.807, 2.05) is 55.6 Å². The van der Waals surface area contributed by atoms with Crippen molar-refractivity contribution >= 4 is 5.91 Å². The number of hydrogen-bond acceptors (Lipinski definition) is 4. The Morgan fingerprint density at radius 2 is 1.92 bits per heavy atom. The van der Waals surface area contributed by atoms with E-state index < -0.39 is 0 Å². The Labute approximate surface area is 151 Å². The van der Waals surface area contributed by atoms with Crippen LogP contribution in [0.3, 0.4) is 0 Å². The van der Waals surface area contributed by atoms with Gasteiger partial charge in [-0.15, -0.1) is 0 Å². The molecule has 6 heteroatoms. The van der Waals surface area contributed by atoms with Crippen LogP contribution >= 0.6 is 0 Å². The normalized spacial score (nSPS) is 15.6. The van der Waals surface area contributed by atoms with Gasteiger partial charge in [-0.05, 0) is 17.7 Å². The molecule has 0 spiro atoms. The fourth-order valence-corrected chi connectivity index (χ4v) is 3.41. The van der Waals surface area contributed by atoms with Crippen molar-refractivity contribution in [1.29, 1.82) is 0 Å². The van der Waals surface area contributed by atoms with Crippen LogP contribution in [0.25, 0.3) is 0 Å². The van der Waals surface area contributed by atoms with E-state index in [0.717, 1.165) is 34.1 Å². The van der Waals surface area contributed by atoms with Crippen LogP contribution in [-0.2, 0) is 19.9 Å². The Balaban J connectivity index is 1.55. The van der Waals surface area contributed by atoms with Gasteiger partial charge >= 0.3 is 0 Å². The molecule has 1 unspecified atom stereocenters. The highest BCUT2D eigenvalue weighted by molar-refractivity contribution is 5.99. The Morgan fingerprint density at radius 3 is 2.77 bits per heavy atom. The lowest BCUT2D eigenvalue weighted by atomic mass is 10.0. The average Bonchev–Trinajstić information content (AvgIpc) is 3.16. The first kappa shape index (κ1) is 16.3. The maximum Gasteiger partial charge on any atom is 0.252 e. The summed E-state index contributed by atoms with van der Waals surface area (Å²) in [7, 11) is 3.55. The summed E-state index contributed by atoms with van der Waals surface area (Å²) in [5.74, 6) is 2.39. The minimum atomic E-state index is -0.0688. The Bertz CT molecular complexity index is 964. The Morgan fingerprint density at radius 1 is 1.15 bits per heavy atom. The second-order valence-corrected chi connectivity index (χ2v) is 6.37. The maximum absolute atomic E-state index is 12.1. The molecule has 1 atom stereocenters. The van der Waals surface area contributed by atoms with Crippen molar-refractivity contribution < 1.29 is 9.53 Å². The van der Waals surface area contributed by atoms with Crippen molar-refractivity contribution in [3.8, 4) is 5.75 Å². The summed E-state index contributed by atoms with van der Waals surface area (Å²) in [5, 5.41) is 7.57. The monoisotopic (exact) mass is 348 g/mol. The summed E-state index contributed by atoms with van der Waals surface area (Å²) in [6, 6.07) is 15.5. The SMILES string of the molecule is COc1ccccc1Cc1nc(CC2NC(=O)c3ccccc32)n(C)n1. The van der Waals surface area contributed by atoms with Gasteiger partial charge in [-0.2, -0.15) is 5.10 Å². The molecule has 6 nitrogen and oxygen atoms in total. The summed E-state index contributed by atoms with van der Waals surface area (Å²) < 4.78 is 7.19. The fraction of sp³-hybridized carbons (Fsp3) is 0.250. The Kier molecular flexibility index (Phi) is 4.16. The highest BCUT2D eigenvalue weighted by Gasteiger charge is 2.29. The van der Waals surface area contributed by atoms with Crippen LogP contribution in [0.5, 0.6) is 5.75 Å². The van der Waals surface area contributed by atoms with E-state index in [0.29, 0.717) is 12.8 Å². The number of benzene rings is 2. The van der Waals surface area contributed by atoms with Gasteiger partial charge in [0.1, 0.15) is 11.6 Å². The number of para-hydroxylation sites is 1. The van der Waals surface area contributed by atoms with Crippen LogP contribution in [0.1, 0.15) is 39.2 Å². The topological polar surface area (TPSA) is 69.0 Å². The summed E-state index contributed by atoms with van der Waals surface area (Å²) in [6.07, 6.45) is 1.21. The smallest absolute Gasteiger partial charge is 0.252 e. The van der Waals surface area contributed by atoms with Crippen molar-refractivity contribution in [1.82, 2.24) is 20.1 Å². The zero-order chi connectivity index (χ0) is 18.1. The number of carbonyl (C=O) groups excluding carboxylic acids is 1. The van der Waals surface area contributed by atoms with Gasteiger partial charge in [-0.3, -0.25) is 9.48 Å². The molecule has 2 aromatic carbocycles. The van der Waals surface area contributed by atoms with Crippen molar-refractivity contribution in [3.05, 3.63) is 76.9 Å². The molecule has 26 heavy (non-hydrogen) atoms. The highest BCUT2D eigenvalue weighted by Crippen LogP contribution is 2.27. The minimum Gasteiger partial charge on any atom is -0.496 e. The number of amides is 1. The molecule has 0 saturated heterocycles. The number of nitrogens with one attached hydrogen (secondary N) is 1. The van der Waals surface area contributed by atoms with Gasteiger partial charge in [-0.25, -0.2) is 4.98 Å². The van der Waals surface area contributed by atoms with Gasteiger partial charge in [0.15, 0.2) is 5.82 Å². The van der Waals surface area contributed by atoms with Gasteiger partial charge in [0.25, 0.3) is 5.91 Å². The molecule has 132 valence electrons. The lowest BCUT2D eigenvalue weighted by molar-refractivity contribution is 0.0956. The zero-order valence-corrected chi connectivity index (χ0v) is 14.8. The largest absolute Gasteiger partial charge is 0.496 e. The van der Waals surface area contributed by atoms with Crippen molar-refractivity contribution in [2.24, 2.45) is 7.05 Å². The van der Waals surface area contributed by atoms with Crippen LogP contribution in [-0.4, -0.2) is 27.8 Å². The molecule has 3 aromatic rings. The third-order valence-corrected chi connectivity index (χ3v) is 4.71. The average molecular weight is 348 g/mol. The molecule has 0 aliphatic carbocycles. The van der Waals surface area contributed by atoms with E-state index in [1.54, 1.807) is 11.8 Å². The van der Waals surface area contributed by atoms with Gasteiger partial charge in [0.05, 0.1) is 13.2 Å². The van der Waals surface area contributed by atoms with Crippen LogP contribution < -0.4 is 10.1 Å². The van der Waals surface area contributed by atoms with Crippen LogP contribution in [0.4, 0.5) is 0 Å². The van der Waals surface area contributed by atoms with E-state index in [1.165, 1.54) is 0 Å². The number of carbonyl (C=O) groups is 1. The summed E-state index contributed by atoms with van der Waals surface area (Å²) in [4.78, 5) is 16.8. The lowest BCUT2D eigenvalue weighted by Crippen LogP contribution is -2.21. The van der Waals surface area contributed by atoms with E-state index in [9.17, 15) is 4.79 Å². The molecule has 1 aliphatic rings. The van der Waals surface area contributed by atoms with Gasteiger partial charge in [0, 0.05) is 31.0 Å². The van der Waals surface area contributed by atoms with E-state index in [-0.39, 0.29) is 11.9 Å². The lowest BCUT2D eigenvalue weighted by Gasteiger charge is -2.10. The van der Waals surface area contributed by atoms with E-state index in [4.69, 9.17) is 4.74 Å². The molecule has 0 radical (unpaired) electrons. The second kappa shape index (κ2) is 6.63. The molecular formula is C20H20N4O2. The predicted molar refractivity (Wildman–Crippen MR) is 97.2 cm³/mol. The molecular weight excluding hydrogens is 328 g/mol. The first-order chi connectivity index (χ1) is 12.7. The van der Waals surface area contributed by atoms with Crippen molar-refractivity contribution in [3.63, 3.8) is 0 Å². The standard InChI is InChI=1S/C20H20N4O2/c1-24-19(12-16-14-8-4-5-9-15(14)20(25)21-16)22-18(23-24)11-13-7-3-6-10-17(13)26-2/h3-10,16H,11-12H2,1-2H3,(H,21,25). The number of aromatic nitrogens is 3. The highest BCUT2D eigenvalue weighted by atomic mass is 16.5. The number of aryl methyl sites for hydroxylation is 1. The fourth-order valence-electron chi connectivity index (χ4n) is 3.41. The van der Waals surface area contributed by atoms with Crippen LogP contribution in [0, 0.1) is 0 Å². The van der Waals surface area contributed by atoms with Gasteiger partial charge in [0.2, 0.25) is 0 Å². The van der Waals surface area contributed by atoms with E-state index >= 15 is 0 Å². The van der Waals surface area contributed by atoms with Crippen LogP contribution in [0.2, 0.25) is 0 Å². The second-order valence-electron chi connectivity index (χ2n) is 6.37. The van der Waals surface area contributed by atoms with Gasteiger partial charge < -0.3 is 10.1 Å². The molecule has 1 amide bonds. The van der Waals surface area contributed by atoms with Gasteiger partial charge in [-0.1, -0.05) is 36.4 Å². The molecule has 1 aliphatic heterocycles. The van der Waals surface area contributed by atoms with E-state index in [2.05, 4.69) is 15.4 Å². The predicted octanol–water partition coefficient (Wildman–Crippen LogP) is 2.44. The number of ether oxygens (including phenoxy) is 1. The third-order valence-electron chi connectivity index (χ3n) is 4.71. The number of methoxy groups -OCH3 is 1.